The number of carbonyl (C=O) groups excluding carboxylic acids is 3. The van der Waals surface area contributed by atoms with Crippen LogP contribution in [-0.2, 0) is 19.1 Å². The van der Waals surface area contributed by atoms with E-state index in [0.29, 0.717) is 17.7 Å². The minimum atomic E-state index is -5.08. The van der Waals surface area contributed by atoms with Gasteiger partial charge in [-0.15, -0.1) is 0 Å². The highest BCUT2D eigenvalue weighted by Gasteiger charge is 2.63. The summed E-state index contributed by atoms with van der Waals surface area (Å²) >= 11 is 0. The highest BCUT2D eigenvalue weighted by atomic mass is 19.4. The lowest BCUT2D eigenvalue weighted by atomic mass is 9.61. The molecule has 4 fully saturated rings. The molecular weight excluding hydrogens is 564 g/mol. The Bertz CT molecular complexity index is 1020. The Hall–Kier alpha value is -2.29. The van der Waals surface area contributed by atoms with Crippen LogP contribution in [0.5, 0.6) is 0 Å². The van der Waals surface area contributed by atoms with Gasteiger partial charge in [0.15, 0.2) is 6.10 Å². The molecule has 1 saturated carbocycles. The fraction of sp³-hybridized carbons (Fsp3) is 0.885. The maximum absolute atomic E-state index is 14.4. The second-order valence-corrected chi connectivity index (χ2v) is 12.6. The van der Waals surface area contributed by atoms with Gasteiger partial charge in [0, 0.05) is 38.0 Å². The second kappa shape index (κ2) is 10.8. The average molecular weight is 602 g/mol. The maximum Gasteiger partial charge on any atom is 0.416 e. The summed E-state index contributed by atoms with van der Waals surface area (Å²) in [6, 6.07) is -1.17. The van der Waals surface area contributed by atoms with E-state index in [1.165, 1.54) is 4.90 Å². The predicted octanol–water partition coefficient (Wildman–Crippen LogP) is 3.49. The highest BCUT2D eigenvalue weighted by Crippen LogP contribution is 2.51. The van der Waals surface area contributed by atoms with Crippen molar-refractivity contribution in [1.29, 1.82) is 0 Å². The Balaban J connectivity index is 1.51. The van der Waals surface area contributed by atoms with Crippen LogP contribution >= 0.6 is 0 Å². The van der Waals surface area contributed by atoms with E-state index in [1.807, 2.05) is 0 Å². The molecule has 3 atom stereocenters. The molecule has 1 aliphatic carbocycles. The molecule has 9 nitrogen and oxygen atoms in total. The number of alkyl halides is 6. The number of rotatable bonds is 2. The van der Waals surface area contributed by atoms with Crippen molar-refractivity contribution in [3.8, 4) is 0 Å². The minimum Gasteiger partial charge on any atom is -0.444 e. The fourth-order valence-corrected chi connectivity index (χ4v) is 6.28. The van der Waals surface area contributed by atoms with E-state index in [2.05, 4.69) is 4.74 Å². The number of carbonyl (C=O) groups is 3. The van der Waals surface area contributed by atoms with E-state index < -0.39 is 111 Å². The molecule has 41 heavy (non-hydrogen) atoms. The normalized spacial score (nSPS) is 28.7. The molecule has 1 N–H and O–H groups in total. The Morgan fingerprint density at radius 2 is 1.54 bits per heavy atom. The topological polar surface area (TPSA) is 99.6 Å². The Kier molecular flexibility index (Phi) is 8.31. The highest BCUT2D eigenvalue weighted by molar-refractivity contribution is 5.87. The minimum absolute atomic E-state index is 0.0652. The van der Waals surface area contributed by atoms with Crippen LogP contribution in [-0.4, -0.2) is 113 Å². The van der Waals surface area contributed by atoms with E-state index in [4.69, 9.17) is 4.74 Å². The molecule has 3 saturated heterocycles. The van der Waals surface area contributed by atoms with Gasteiger partial charge in [0.2, 0.25) is 11.8 Å². The number of hydrogen-bond acceptors (Lipinski definition) is 6. The molecule has 4 rings (SSSR count). The van der Waals surface area contributed by atoms with Crippen molar-refractivity contribution in [3.63, 3.8) is 0 Å². The summed E-state index contributed by atoms with van der Waals surface area (Å²) in [6.07, 6.45) is -13.6. The Morgan fingerprint density at radius 1 is 0.927 bits per heavy atom. The van der Waals surface area contributed by atoms with Crippen molar-refractivity contribution in [2.75, 3.05) is 39.3 Å². The van der Waals surface area contributed by atoms with Crippen molar-refractivity contribution in [2.24, 2.45) is 10.8 Å². The monoisotopic (exact) mass is 601 g/mol. The van der Waals surface area contributed by atoms with Gasteiger partial charge in [-0.05, 0) is 46.5 Å². The van der Waals surface area contributed by atoms with Gasteiger partial charge in [0.05, 0.1) is 19.3 Å². The third-order valence-electron chi connectivity index (χ3n) is 8.88. The van der Waals surface area contributed by atoms with Gasteiger partial charge in [0.25, 0.3) is 0 Å². The molecule has 0 aromatic heterocycles. The van der Waals surface area contributed by atoms with E-state index in [9.17, 15) is 45.8 Å². The van der Waals surface area contributed by atoms with Gasteiger partial charge in [-0.2, -0.15) is 26.3 Å². The van der Waals surface area contributed by atoms with E-state index >= 15 is 0 Å². The zero-order chi connectivity index (χ0) is 30.6. The first-order chi connectivity index (χ1) is 18.8. The number of amides is 3. The number of morpholine rings is 1. The van der Waals surface area contributed by atoms with Crippen molar-refractivity contribution in [2.45, 2.75) is 95.5 Å². The summed E-state index contributed by atoms with van der Waals surface area (Å²) in [7, 11) is 0. The van der Waals surface area contributed by atoms with E-state index in [1.54, 1.807) is 20.8 Å². The lowest BCUT2D eigenvalue weighted by Crippen LogP contribution is -2.66. The van der Waals surface area contributed by atoms with Gasteiger partial charge < -0.3 is 24.4 Å². The number of piperidine rings is 2. The van der Waals surface area contributed by atoms with Gasteiger partial charge in [-0.25, -0.2) is 4.79 Å². The predicted molar refractivity (Wildman–Crippen MR) is 130 cm³/mol. The number of nitrogens with zero attached hydrogens (tertiary/aromatic N) is 3. The quantitative estimate of drug-likeness (QED) is 0.487. The molecule has 0 aromatic rings. The van der Waals surface area contributed by atoms with Crippen LogP contribution in [0.15, 0.2) is 0 Å². The number of halogens is 6. The summed E-state index contributed by atoms with van der Waals surface area (Å²) < 4.78 is 92.9. The molecule has 0 radical (unpaired) electrons. The first kappa shape index (κ1) is 31.6. The number of likely N-dealkylation sites (tertiary alicyclic amines) is 2. The van der Waals surface area contributed by atoms with Crippen LogP contribution in [0.2, 0.25) is 0 Å². The van der Waals surface area contributed by atoms with Crippen LogP contribution in [0.1, 0.15) is 59.3 Å². The third kappa shape index (κ3) is 6.11. The first-order valence-corrected chi connectivity index (χ1v) is 13.8. The smallest absolute Gasteiger partial charge is 0.416 e. The van der Waals surface area contributed by atoms with Gasteiger partial charge in [0.1, 0.15) is 17.1 Å². The maximum atomic E-state index is 14.4. The molecule has 4 aliphatic rings. The molecule has 3 amide bonds. The SMILES string of the molecule is CC(C)(C)OC(=O)N1CC2(CCC2)[C@H](O)C[C@H]1C(=O)N1CCC(C(=O)N2CCO[C@H](C(F)(F)F)C2)(C(F)(F)F)CC1. The van der Waals surface area contributed by atoms with Crippen LogP contribution in [0.3, 0.4) is 0 Å². The van der Waals surface area contributed by atoms with Crippen LogP contribution < -0.4 is 0 Å². The summed E-state index contributed by atoms with van der Waals surface area (Å²) in [5, 5.41) is 10.9. The number of aliphatic hydroxyl groups excluding tert-OH is 1. The molecule has 3 heterocycles. The zero-order valence-electron chi connectivity index (χ0n) is 23.3. The zero-order valence-corrected chi connectivity index (χ0v) is 23.3. The average Bonchev–Trinajstić information content (AvgIpc) is 2.84. The van der Waals surface area contributed by atoms with Gasteiger partial charge in [-0.3, -0.25) is 14.5 Å². The molecule has 0 bridgehead atoms. The molecule has 1 spiro atoms. The summed E-state index contributed by atoms with van der Waals surface area (Å²) in [6.45, 7) is 2.01. The summed E-state index contributed by atoms with van der Waals surface area (Å²) in [5.74, 6) is -2.14. The number of ether oxygens (including phenoxy) is 2. The molecule has 15 heteroatoms. The molecule has 0 unspecified atom stereocenters. The van der Waals surface area contributed by atoms with Crippen LogP contribution in [0, 0.1) is 10.8 Å². The van der Waals surface area contributed by atoms with E-state index in [0.717, 1.165) is 11.3 Å². The Labute approximate surface area is 234 Å². The largest absolute Gasteiger partial charge is 0.444 e. The van der Waals surface area contributed by atoms with Crippen LogP contribution in [0.4, 0.5) is 31.1 Å². The van der Waals surface area contributed by atoms with Crippen molar-refractivity contribution in [1.82, 2.24) is 14.7 Å². The Morgan fingerprint density at radius 3 is 2.02 bits per heavy atom. The fourth-order valence-electron chi connectivity index (χ4n) is 6.28. The van der Waals surface area contributed by atoms with Gasteiger partial charge in [-0.1, -0.05) is 6.42 Å². The van der Waals surface area contributed by atoms with Crippen molar-refractivity contribution in [3.05, 3.63) is 0 Å². The van der Waals surface area contributed by atoms with Crippen molar-refractivity contribution < 1.29 is 55.3 Å². The lowest BCUT2D eigenvalue weighted by molar-refractivity contribution is -0.253. The number of hydrogen-bond donors (Lipinski definition) is 1. The summed E-state index contributed by atoms with van der Waals surface area (Å²) in [5.41, 5.74) is -4.42. The second-order valence-electron chi connectivity index (χ2n) is 12.6. The van der Waals surface area contributed by atoms with E-state index in [-0.39, 0.29) is 13.0 Å². The van der Waals surface area contributed by atoms with Gasteiger partial charge >= 0.3 is 18.4 Å². The standard InChI is InChI=1S/C26H37F6N3O6/c1-22(2,3)41-21(39)35-15-23(5-4-6-23)17(36)13-16(35)19(37)33-9-7-24(8-10-33,26(30,31)32)20(38)34-11-12-40-18(14-34)25(27,28)29/h16-18,36H,4-15H2,1-3H3/t16-,17+,18-/m0/s1. The molecule has 0 aromatic carbocycles. The first-order valence-electron chi connectivity index (χ1n) is 13.8. The van der Waals surface area contributed by atoms with Crippen LogP contribution in [0.25, 0.3) is 0 Å². The number of aliphatic hydroxyl groups is 1. The summed E-state index contributed by atoms with van der Waals surface area (Å²) in [4.78, 5) is 42.8. The third-order valence-corrected chi connectivity index (χ3v) is 8.88. The van der Waals surface area contributed by atoms with Crippen molar-refractivity contribution >= 4 is 17.9 Å². The molecule has 3 aliphatic heterocycles. The molecular formula is C26H37F6N3O6. The lowest BCUT2D eigenvalue weighted by Gasteiger charge is -2.54. The molecule has 234 valence electrons.